The van der Waals surface area contributed by atoms with Crippen molar-refractivity contribution in [3.05, 3.63) is 11.6 Å². The van der Waals surface area contributed by atoms with Crippen LogP contribution in [0.25, 0.3) is 0 Å². The molecule has 0 fully saturated rings. The molecule has 0 amide bonds. The van der Waals surface area contributed by atoms with E-state index in [1.807, 2.05) is 6.08 Å². The minimum absolute atomic E-state index is 0.140. The van der Waals surface area contributed by atoms with E-state index in [0.29, 0.717) is 13.2 Å². The van der Waals surface area contributed by atoms with Gasteiger partial charge in [-0.1, -0.05) is 6.08 Å². The average molecular weight is 198 g/mol. The van der Waals surface area contributed by atoms with E-state index in [1.54, 1.807) is 7.11 Å². The highest BCUT2D eigenvalue weighted by Gasteiger charge is 2.11. The van der Waals surface area contributed by atoms with E-state index in [4.69, 9.17) is 9.47 Å². The lowest BCUT2D eigenvalue weighted by Gasteiger charge is -2.11. The van der Waals surface area contributed by atoms with Crippen LogP contribution in [0.4, 0.5) is 0 Å². The van der Waals surface area contributed by atoms with Gasteiger partial charge in [0.05, 0.1) is 13.2 Å². The van der Waals surface area contributed by atoms with Crippen LogP contribution in [-0.2, 0) is 14.3 Å². The molecular formula is C11H18O3. The second-order valence-electron chi connectivity index (χ2n) is 3.44. The van der Waals surface area contributed by atoms with Gasteiger partial charge < -0.3 is 9.47 Å². The zero-order valence-electron chi connectivity index (χ0n) is 8.75. The number of carbonyl (C=O) groups is 1. The molecule has 0 saturated carbocycles. The molecule has 0 radical (unpaired) electrons. The van der Waals surface area contributed by atoms with Crippen molar-refractivity contribution in [3.63, 3.8) is 0 Å². The first-order chi connectivity index (χ1) is 6.84. The third kappa shape index (κ3) is 4.03. The fraction of sp³-hybridized carbons (Fsp3) is 0.727. The van der Waals surface area contributed by atoms with Crippen molar-refractivity contribution in [2.24, 2.45) is 0 Å². The second kappa shape index (κ2) is 6.74. The maximum Gasteiger partial charge on any atom is 0.184 e. The lowest BCUT2D eigenvalue weighted by atomic mass is 9.97. The van der Waals surface area contributed by atoms with Crippen molar-refractivity contribution < 1.29 is 14.3 Å². The topological polar surface area (TPSA) is 35.5 Å². The van der Waals surface area contributed by atoms with Crippen molar-refractivity contribution in [1.82, 2.24) is 0 Å². The van der Waals surface area contributed by atoms with Crippen LogP contribution in [0.1, 0.15) is 25.7 Å². The molecule has 1 rings (SSSR count). The lowest BCUT2D eigenvalue weighted by molar-refractivity contribution is -0.120. The Morgan fingerprint density at radius 1 is 1.43 bits per heavy atom. The van der Waals surface area contributed by atoms with Crippen LogP contribution in [-0.4, -0.2) is 32.7 Å². The van der Waals surface area contributed by atoms with Gasteiger partial charge in [-0.15, -0.1) is 0 Å². The number of ketones is 1. The third-order valence-corrected chi connectivity index (χ3v) is 2.31. The van der Waals surface area contributed by atoms with Gasteiger partial charge in [0.2, 0.25) is 0 Å². The maximum atomic E-state index is 11.5. The summed E-state index contributed by atoms with van der Waals surface area (Å²) in [7, 11) is 1.62. The quantitative estimate of drug-likeness (QED) is 0.610. The Kier molecular flexibility index (Phi) is 5.49. The number of hydrogen-bond acceptors (Lipinski definition) is 3. The molecule has 3 heteroatoms. The summed E-state index contributed by atoms with van der Waals surface area (Å²) < 4.78 is 9.99. The fourth-order valence-corrected chi connectivity index (χ4v) is 1.49. The van der Waals surface area contributed by atoms with E-state index in [9.17, 15) is 4.79 Å². The highest BCUT2D eigenvalue weighted by Crippen LogP contribution is 2.17. The molecule has 0 aromatic rings. The molecule has 0 aromatic heterocycles. The van der Waals surface area contributed by atoms with E-state index in [1.165, 1.54) is 6.42 Å². The van der Waals surface area contributed by atoms with E-state index in [2.05, 4.69) is 0 Å². The van der Waals surface area contributed by atoms with Gasteiger partial charge in [-0.3, -0.25) is 4.79 Å². The van der Waals surface area contributed by atoms with Crippen LogP contribution in [0.2, 0.25) is 0 Å². The molecule has 3 nitrogen and oxygen atoms in total. The second-order valence-corrected chi connectivity index (χ2v) is 3.44. The Balaban J connectivity index is 2.17. The summed E-state index contributed by atoms with van der Waals surface area (Å²) in [6, 6.07) is 0. The smallest absolute Gasteiger partial charge is 0.184 e. The molecule has 0 saturated heterocycles. The number of methoxy groups -OCH3 is 1. The van der Waals surface area contributed by atoms with Crippen molar-refractivity contribution in [2.45, 2.75) is 25.7 Å². The van der Waals surface area contributed by atoms with Crippen molar-refractivity contribution in [2.75, 3.05) is 26.9 Å². The molecule has 0 N–H and O–H groups in total. The van der Waals surface area contributed by atoms with Crippen LogP contribution >= 0.6 is 0 Å². The van der Waals surface area contributed by atoms with E-state index >= 15 is 0 Å². The van der Waals surface area contributed by atoms with Crippen molar-refractivity contribution >= 4 is 5.78 Å². The summed E-state index contributed by atoms with van der Waals surface area (Å²) in [6.07, 6.45) is 6.36. The maximum absolute atomic E-state index is 11.5. The SMILES string of the molecule is COCCOCC(=O)C1=CCCCC1. The molecule has 0 unspecified atom stereocenters. The van der Waals surface area contributed by atoms with Gasteiger partial charge in [-0.25, -0.2) is 0 Å². The predicted octanol–water partition coefficient (Wildman–Crippen LogP) is 1.72. The van der Waals surface area contributed by atoms with Gasteiger partial charge in [-0.2, -0.15) is 0 Å². The molecule has 0 heterocycles. The summed E-state index contributed by atoms with van der Waals surface area (Å²) in [5.41, 5.74) is 0.952. The van der Waals surface area contributed by atoms with Gasteiger partial charge in [0.25, 0.3) is 0 Å². The van der Waals surface area contributed by atoms with E-state index < -0.39 is 0 Å². The third-order valence-electron chi connectivity index (χ3n) is 2.31. The molecule has 0 spiro atoms. The predicted molar refractivity (Wildman–Crippen MR) is 54.3 cm³/mol. The lowest BCUT2D eigenvalue weighted by Crippen LogP contribution is -2.15. The number of carbonyl (C=O) groups excluding carboxylic acids is 1. The molecule has 0 atom stereocenters. The summed E-state index contributed by atoms with van der Waals surface area (Å²) in [4.78, 5) is 11.5. The monoisotopic (exact) mass is 198 g/mol. The average Bonchev–Trinajstić information content (AvgIpc) is 2.25. The minimum atomic E-state index is 0.140. The van der Waals surface area contributed by atoms with Gasteiger partial charge in [0.15, 0.2) is 5.78 Å². The zero-order valence-corrected chi connectivity index (χ0v) is 8.75. The normalized spacial score (nSPS) is 16.5. The first-order valence-corrected chi connectivity index (χ1v) is 5.13. The molecule has 0 bridgehead atoms. The van der Waals surface area contributed by atoms with Crippen LogP contribution in [0.5, 0.6) is 0 Å². The molecule has 14 heavy (non-hydrogen) atoms. The summed E-state index contributed by atoms with van der Waals surface area (Å²) >= 11 is 0. The Bertz CT molecular complexity index is 209. The van der Waals surface area contributed by atoms with Crippen LogP contribution in [0, 0.1) is 0 Å². The van der Waals surface area contributed by atoms with E-state index in [-0.39, 0.29) is 12.4 Å². The number of rotatable bonds is 6. The summed E-state index contributed by atoms with van der Waals surface area (Å²) in [6.45, 7) is 1.25. The number of ether oxygens (including phenoxy) is 2. The van der Waals surface area contributed by atoms with Gasteiger partial charge in [0, 0.05) is 7.11 Å². The highest BCUT2D eigenvalue weighted by molar-refractivity contribution is 5.96. The molecule has 1 aliphatic carbocycles. The van der Waals surface area contributed by atoms with Crippen molar-refractivity contribution in [3.8, 4) is 0 Å². The Morgan fingerprint density at radius 3 is 2.93 bits per heavy atom. The largest absolute Gasteiger partial charge is 0.382 e. The molecule has 80 valence electrons. The highest BCUT2D eigenvalue weighted by atomic mass is 16.5. The summed E-state index contributed by atoms with van der Waals surface area (Å²) in [5, 5.41) is 0. The standard InChI is InChI=1S/C11H18O3/c1-13-7-8-14-9-11(12)10-5-3-2-4-6-10/h5H,2-4,6-9H2,1H3. The molecule has 0 aromatic carbocycles. The molecule has 1 aliphatic rings. The van der Waals surface area contributed by atoms with Crippen LogP contribution in [0.3, 0.4) is 0 Å². The zero-order chi connectivity index (χ0) is 10.2. The minimum Gasteiger partial charge on any atom is -0.382 e. The van der Waals surface area contributed by atoms with Crippen LogP contribution in [0.15, 0.2) is 11.6 Å². The first-order valence-electron chi connectivity index (χ1n) is 5.13. The van der Waals surface area contributed by atoms with Gasteiger partial charge in [0.1, 0.15) is 6.61 Å². The molecule has 0 aliphatic heterocycles. The fourth-order valence-electron chi connectivity index (χ4n) is 1.49. The Hall–Kier alpha value is -0.670. The van der Waals surface area contributed by atoms with Crippen LogP contribution < -0.4 is 0 Å². The molecular weight excluding hydrogens is 180 g/mol. The van der Waals surface area contributed by atoms with Crippen molar-refractivity contribution in [1.29, 1.82) is 0 Å². The van der Waals surface area contributed by atoms with Gasteiger partial charge in [-0.05, 0) is 31.3 Å². The number of Topliss-reactive ketones (excluding diaryl/α,β-unsaturated/α-hetero) is 1. The summed E-state index contributed by atoms with van der Waals surface area (Å²) in [5.74, 6) is 0.140. The van der Waals surface area contributed by atoms with E-state index in [0.717, 1.165) is 24.8 Å². The first kappa shape index (κ1) is 11.4. The number of allylic oxidation sites excluding steroid dienone is 1. The van der Waals surface area contributed by atoms with Gasteiger partial charge >= 0.3 is 0 Å². The Labute approximate surface area is 85.1 Å². The number of hydrogen-bond donors (Lipinski definition) is 0. The Morgan fingerprint density at radius 2 is 2.29 bits per heavy atom.